The van der Waals surface area contributed by atoms with Gasteiger partial charge in [-0.2, -0.15) is 0 Å². The summed E-state index contributed by atoms with van der Waals surface area (Å²) in [6, 6.07) is 10.1. The Bertz CT molecular complexity index is 611. The van der Waals surface area contributed by atoms with Crippen molar-refractivity contribution in [3.8, 4) is 0 Å². The predicted octanol–water partition coefficient (Wildman–Crippen LogP) is 5.68. The minimum atomic E-state index is -0.425. The van der Waals surface area contributed by atoms with Crippen LogP contribution in [0.5, 0.6) is 0 Å². The molecule has 0 saturated heterocycles. The minimum Gasteiger partial charge on any atom is -0.310 e. The molecule has 112 valence electrons. The monoisotopic (exact) mass is 345 g/mol. The zero-order valence-electron chi connectivity index (χ0n) is 11.5. The van der Waals surface area contributed by atoms with Crippen molar-refractivity contribution in [2.24, 2.45) is 0 Å². The van der Waals surface area contributed by atoms with E-state index < -0.39 is 5.82 Å². The second-order valence-corrected chi connectivity index (χ2v) is 5.91. The van der Waals surface area contributed by atoms with Crippen LogP contribution in [0.25, 0.3) is 0 Å². The third-order valence-corrected chi connectivity index (χ3v) is 4.26. The van der Waals surface area contributed by atoms with Gasteiger partial charge in [-0.05, 0) is 48.4 Å². The normalized spacial score (nSPS) is 12.4. The maximum absolute atomic E-state index is 13.3. The Morgan fingerprint density at radius 3 is 2.29 bits per heavy atom. The maximum Gasteiger partial charge on any atom is 0.141 e. The fourth-order valence-electron chi connectivity index (χ4n) is 2.21. The van der Waals surface area contributed by atoms with Gasteiger partial charge in [0.05, 0.1) is 5.02 Å². The molecular weight excluding hydrogens is 332 g/mol. The Balaban J connectivity index is 2.33. The molecule has 0 aliphatic heterocycles. The largest absolute Gasteiger partial charge is 0.310 e. The molecule has 5 heteroatoms. The summed E-state index contributed by atoms with van der Waals surface area (Å²) in [4.78, 5) is 0. The highest BCUT2D eigenvalue weighted by Crippen LogP contribution is 2.30. The van der Waals surface area contributed by atoms with Crippen LogP contribution < -0.4 is 5.32 Å². The van der Waals surface area contributed by atoms with Gasteiger partial charge in [0.25, 0.3) is 0 Å². The summed E-state index contributed by atoms with van der Waals surface area (Å²) in [5.41, 5.74) is 1.77. The molecule has 1 N–H and O–H groups in total. The lowest BCUT2D eigenvalue weighted by Crippen LogP contribution is -2.23. The van der Waals surface area contributed by atoms with Gasteiger partial charge in [0.1, 0.15) is 5.82 Å². The Labute approximate surface area is 139 Å². The van der Waals surface area contributed by atoms with Crippen molar-refractivity contribution in [2.45, 2.75) is 19.4 Å². The van der Waals surface area contributed by atoms with E-state index in [2.05, 4.69) is 5.32 Å². The molecule has 1 unspecified atom stereocenters. The number of rotatable bonds is 5. The standard InChI is InChI=1S/C16H15Cl3FN/c1-2-21-16(10-6-7-15(20)14(19)8-10)9-11-12(17)4-3-5-13(11)18/h3-8,16,21H,2,9H2,1H3. The van der Waals surface area contributed by atoms with Gasteiger partial charge in [-0.25, -0.2) is 4.39 Å². The lowest BCUT2D eigenvalue weighted by Gasteiger charge is -2.20. The van der Waals surface area contributed by atoms with E-state index in [0.29, 0.717) is 16.5 Å². The van der Waals surface area contributed by atoms with E-state index in [1.165, 1.54) is 6.07 Å². The minimum absolute atomic E-state index is 0.0366. The van der Waals surface area contributed by atoms with E-state index in [-0.39, 0.29) is 11.1 Å². The van der Waals surface area contributed by atoms with Crippen molar-refractivity contribution < 1.29 is 4.39 Å². The quantitative estimate of drug-likeness (QED) is 0.734. The van der Waals surface area contributed by atoms with Crippen LogP contribution in [0.15, 0.2) is 36.4 Å². The summed E-state index contributed by atoms with van der Waals surface area (Å²) in [7, 11) is 0. The third kappa shape index (κ3) is 4.10. The average molecular weight is 347 g/mol. The van der Waals surface area contributed by atoms with Crippen molar-refractivity contribution in [3.05, 3.63) is 68.4 Å². The fourth-order valence-corrected chi connectivity index (χ4v) is 2.96. The van der Waals surface area contributed by atoms with Crippen LogP contribution in [0.4, 0.5) is 4.39 Å². The molecule has 0 aliphatic rings. The first-order valence-corrected chi connectivity index (χ1v) is 7.77. The lowest BCUT2D eigenvalue weighted by molar-refractivity contribution is 0.547. The molecule has 0 fully saturated rings. The molecular formula is C16H15Cl3FN. The summed E-state index contributed by atoms with van der Waals surface area (Å²) < 4.78 is 13.3. The number of benzene rings is 2. The maximum atomic E-state index is 13.3. The Morgan fingerprint density at radius 1 is 1.05 bits per heavy atom. The van der Waals surface area contributed by atoms with E-state index in [1.54, 1.807) is 12.1 Å². The fraction of sp³-hybridized carbons (Fsp3) is 0.250. The van der Waals surface area contributed by atoms with Crippen LogP contribution in [0.1, 0.15) is 24.1 Å². The third-order valence-electron chi connectivity index (χ3n) is 3.27. The first kappa shape index (κ1) is 16.6. The SMILES string of the molecule is CCNC(Cc1c(Cl)cccc1Cl)c1ccc(F)c(Cl)c1. The molecule has 0 spiro atoms. The Hall–Kier alpha value is -0.800. The molecule has 0 aliphatic carbocycles. The van der Waals surface area contributed by atoms with Gasteiger partial charge in [-0.3, -0.25) is 0 Å². The number of halogens is 4. The molecule has 0 bridgehead atoms. The van der Waals surface area contributed by atoms with E-state index in [4.69, 9.17) is 34.8 Å². The summed E-state index contributed by atoms with van der Waals surface area (Å²) in [5, 5.41) is 4.71. The Morgan fingerprint density at radius 2 is 1.71 bits per heavy atom. The van der Waals surface area contributed by atoms with Gasteiger partial charge in [0.15, 0.2) is 0 Å². The van der Waals surface area contributed by atoms with Crippen molar-refractivity contribution in [2.75, 3.05) is 6.54 Å². The molecule has 2 aromatic carbocycles. The summed E-state index contributed by atoms with van der Waals surface area (Å²) in [6.07, 6.45) is 0.605. The molecule has 1 atom stereocenters. The van der Waals surface area contributed by atoms with Gasteiger partial charge in [0, 0.05) is 16.1 Å². The van der Waals surface area contributed by atoms with Crippen molar-refractivity contribution in [1.29, 1.82) is 0 Å². The highest BCUT2D eigenvalue weighted by atomic mass is 35.5. The zero-order valence-corrected chi connectivity index (χ0v) is 13.7. The summed E-state index contributed by atoms with van der Waals surface area (Å²) in [6.45, 7) is 2.77. The van der Waals surface area contributed by atoms with E-state index >= 15 is 0 Å². The van der Waals surface area contributed by atoms with Gasteiger partial charge in [0.2, 0.25) is 0 Å². The summed E-state index contributed by atoms with van der Waals surface area (Å²) in [5.74, 6) is -0.425. The zero-order chi connectivity index (χ0) is 15.4. The number of hydrogen-bond acceptors (Lipinski definition) is 1. The van der Waals surface area contributed by atoms with Crippen LogP contribution in [-0.2, 0) is 6.42 Å². The molecule has 21 heavy (non-hydrogen) atoms. The average Bonchev–Trinajstić information content (AvgIpc) is 2.45. The van der Waals surface area contributed by atoms with Crippen LogP contribution in [0.3, 0.4) is 0 Å². The van der Waals surface area contributed by atoms with Crippen LogP contribution >= 0.6 is 34.8 Å². The molecule has 0 heterocycles. The smallest absolute Gasteiger partial charge is 0.141 e. The Kier molecular flexibility index (Phi) is 5.88. The van der Waals surface area contributed by atoms with Gasteiger partial charge in [-0.15, -0.1) is 0 Å². The highest BCUT2D eigenvalue weighted by Gasteiger charge is 2.16. The van der Waals surface area contributed by atoms with Crippen LogP contribution in [0, 0.1) is 5.82 Å². The van der Waals surface area contributed by atoms with E-state index in [1.807, 2.05) is 25.1 Å². The molecule has 2 rings (SSSR count). The second kappa shape index (κ2) is 7.46. The first-order valence-electron chi connectivity index (χ1n) is 6.64. The first-order chi connectivity index (χ1) is 10.0. The molecule has 0 saturated carbocycles. The number of likely N-dealkylation sites (N-methyl/N-ethyl adjacent to an activating group) is 1. The highest BCUT2D eigenvalue weighted by molar-refractivity contribution is 6.36. The second-order valence-electron chi connectivity index (χ2n) is 4.69. The van der Waals surface area contributed by atoms with Crippen molar-refractivity contribution >= 4 is 34.8 Å². The predicted molar refractivity (Wildman–Crippen MR) is 88.0 cm³/mol. The topological polar surface area (TPSA) is 12.0 Å². The van der Waals surface area contributed by atoms with Gasteiger partial charge < -0.3 is 5.32 Å². The molecule has 2 aromatic rings. The molecule has 0 radical (unpaired) electrons. The molecule has 0 aromatic heterocycles. The van der Waals surface area contributed by atoms with Crippen LogP contribution in [-0.4, -0.2) is 6.54 Å². The summed E-state index contributed by atoms with van der Waals surface area (Å²) >= 11 is 18.3. The number of nitrogens with one attached hydrogen (secondary N) is 1. The van der Waals surface area contributed by atoms with Crippen LogP contribution in [0.2, 0.25) is 15.1 Å². The van der Waals surface area contributed by atoms with E-state index in [9.17, 15) is 4.39 Å². The molecule has 0 amide bonds. The van der Waals surface area contributed by atoms with Gasteiger partial charge in [-0.1, -0.05) is 53.9 Å². The van der Waals surface area contributed by atoms with E-state index in [0.717, 1.165) is 17.7 Å². The number of hydrogen-bond donors (Lipinski definition) is 1. The molecule has 1 nitrogen and oxygen atoms in total. The van der Waals surface area contributed by atoms with Crippen molar-refractivity contribution in [3.63, 3.8) is 0 Å². The van der Waals surface area contributed by atoms with Crippen molar-refractivity contribution in [1.82, 2.24) is 5.32 Å². The van der Waals surface area contributed by atoms with Gasteiger partial charge >= 0.3 is 0 Å². The lowest BCUT2D eigenvalue weighted by atomic mass is 9.98.